The molecule has 0 aliphatic carbocycles. The molecule has 1 saturated heterocycles. The first kappa shape index (κ1) is 16.7. The SMILES string of the molecule is O=c1[nH]c(=O)n([C@@H]2O[C@H](CO)[C@@H](O)[C@@](O)(CO)[C@H]2O)cc1F. The lowest BCUT2D eigenvalue weighted by Crippen LogP contribution is -2.67. The quantitative estimate of drug-likeness (QED) is 0.328. The van der Waals surface area contributed by atoms with Crippen molar-refractivity contribution in [3.8, 4) is 0 Å². The molecule has 1 aliphatic rings. The van der Waals surface area contributed by atoms with Gasteiger partial charge in [-0.15, -0.1) is 0 Å². The Labute approximate surface area is 121 Å². The summed E-state index contributed by atoms with van der Waals surface area (Å²) in [5.74, 6) is -1.35. The van der Waals surface area contributed by atoms with Gasteiger partial charge >= 0.3 is 5.69 Å². The summed E-state index contributed by atoms with van der Waals surface area (Å²) >= 11 is 0. The molecule has 1 aromatic heterocycles. The molecule has 6 N–H and O–H groups in total. The van der Waals surface area contributed by atoms with E-state index in [2.05, 4.69) is 0 Å². The highest BCUT2D eigenvalue weighted by Crippen LogP contribution is 2.34. The molecule has 2 heterocycles. The number of rotatable bonds is 3. The second-order valence-corrected chi connectivity index (χ2v) is 4.93. The van der Waals surface area contributed by atoms with Crippen LogP contribution in [0.25, 0.3) is 0 Å². The van der Waals surface area contributed by atoms with Crippen LogP contribution in [0.1, 0.15) is 6.23 Å². The number of aliphatic hydroxyl groups is 5. The molecule has 1 aromatic rings. The number of hydrogen-bond acceptors (Lipinski definition) is 8. The molecule has 0 aromatic carbocycles. The first-order valence-corrected chi connectivity index (χ1v) is 6.23. The van der Waals surface area contributed by atoms with Crippen molar-refractivity contribution in [2.24, 2.45) is 0 Å². The van der Waals surface area contributed by atoms with Gasteiger partial charge < -0.3 is 30.3 Å². The predicted octanol–water partition coefficient (Wildman–Crippen LogP) is -3.99. The van der Waals surface area contributed by atoms with Gasteiger partial charge in [0.2, 0.25) is 5.82 Å². The molecule has 2 rings (SSSR count). The van der Waals surface area contributed by atoms with E-state index in [9.17, 15) is 34.4 Å². The van der Waals surface area contributed by atoms with Crippen molar-refractivity contribution >= 4 is 0 Å². The highest BCUT2D eigenvalue weighted by atomic mass is 19.1. The van der Waals surface area contributed by atoms with E-state index in [4.69, 9.17) is 9.84 Å². The Morgan fingerprint density at radius 2 is 1.95 bits per heavy atom. The first-order valence-electron chi connectivity index (χ1n) is 6.23. The minimum atomic E-state index is -2.53. The van der Waals surface area contributed by atoms with E-state index < -0.39 is 60.4 Å². The number of ether oxygens (including phenoxy) is 1. The van der Waals surface area contributed by atoms with Crippen LogP contribution in [0.15, 0.2) is 15.8 Å². The summed E-state index contributed by atoms with van der Waals surface area (Å²) < 4.78 is 18.8. The van der Waals surface area contributed by atoms with Crippen molar-refractivity contribution in [2.75, 3.05) is 13.2 Å². The topological polar surface area (TPSA) is 165 Å². The van der Waals surface area contributed by atoms with E-state index in [0.29, 0.717) is 10.8 Å². The molecule has 11 heteroatoms. The molecule has 124 valence electrons. The van der Waals surface area contributed by atoms with E-state index in [-0.39, 0.29) is 0 Å². The lowest BCUT2D eigenvalue weighted by molar-refractivity contribution is -0.301. The van der Waals surface area contributed by atoms with Gasteiger partial charge in [-0.3, -0.25) is 14.3 Å². The zero-order valence-corrected chi connectivity index (χ0v) is 11.1. The van der Waals surface area contributed by atoms with Gasteiger partial charge in [-0.2, -0.15) is 4.39 Å². The average Bonchev–Trinajstić information content (AvgIpc) is 2.49. The number of aromatic nitrogens is 2. The van der Waals surface area contributed by atoms with Crippen molar-refractivity contribution < 1.29 is 34.7 Å². The van der Waals surface area contributed by atoms with Crippen molar-refractivity contribution in [3.63, 3.8) is 0 Å². The molecular weight excluding hydrogens is 307 g/mol. The Morgan fingerprint density at radius 3 is 2.50 bits per heavy atom. The summed E-state index contributed by atoms with van der Waals surface area (Å²) in [5.41, 5.74) is -4.96. The van der Waals surface area contributed by atoms with Gasteiger partial charge in [-0.25, -0.2) is 4.79 Å². The normalized spacial score (nSPS) is 35.5. The van der Waals surface area contributed by atoms with Gasteiger partial charge in [-0.1, -0.05) is 0 Å². The smallest absolute Gasteiger partial charge is 0.330 e. The molecular formula is C11H15FN2O8. The van der Waals surface area contributed by atoms with Crippen LogP contribution in [0.2, 0.25) is 0 Å². The van der Waals surface area contributed by atoms with Crippen LogP contribution in [0.4, 0.5) is 4.39 Å². The molecule has 5 atom stereocenters. The Kier molecular flexibility index (Phi) is 4.47. The third kappa shape index (κ3) is 2.47. The lowest BCUT2D eigenvalue weighted by Gasteiger charge is -2.47. The van der Waals surface area contributed by atoms with Gasteiger partial charge in [0.15, 0.2) is 6.23 Å². The van der Waals surface area contributed by atoms with Crippen LogP contribution in [0, 0.1) is 5.82 Å². The lowest BCUT2D eigenvalue weighted by atomic mass is 9.84. The zero-order chi connectivity index (χ0) is 16.7. The monoisotopic (exact) mass is 322 g/mol. The molecule has 0 bridgehead atoms. The number of halogens is 1. The summed E-state index contributed by atoms with van der Waals surface area (Å²) in [6.45, 7) is -1.93. The van der Waals surface area contributed by atoms with Gasteiger partial charge in [0.05, 0.1) is 19.4 Å². The average molecular weight is 322 g/mol. The van der Waals surface area contributed by atoms with Crippen LogP contribution in [-0.4, -0.2) is 72.2 Å². The van der Waals surface area contributed by atoms with E-state index in [1.165, 1.54) is 0 Å². The van der Waals surface area contributed by atoms with E-state index in [0.717, 1.165) is 0 Å². The molecule has 1 fully saturated rings. The van der Waals surface area contributed by atoms with Crippen LogP contribution in [0.3, 0.4) is 0 Å². The summed E-state index contributed by atoms with van der Waals surface area (Å²) in [4.78, 5) is 24.3. The van der Waals surface area contributed by atoms with Crippen molar-refractivity contribution in [1.29, 1.82) is 0 Å². The number of H-pyrrole nitrogens is 1. The van der Waals surface area contributed by atoms with Crippen LogP contribution < -0.4 is 11.2 Å². The minimum Gasteiger partial charge on any atom is -0.394 e. The van der Waals surface area contributed by atoms with Gasteiger partial charge in [-0.05, 0) is 0 Å². The van der Waals surface area contributed by atoms with Gasteiger partial charge in [0, 0.05) is 0 Å². The van der Waals surface area contributed by atoms with Crippen molar-refractivity contribution in [1.82, 2.24) is 9.55 Å². The Hall–Kier alpha value is -1.63. The first-order chi connectivity index (χ1) is 10.3. The van der Waals surface area contributed by atoms with Gasteiger partial charge in [0.1, 0.15) is 23.9 Å². The summed E-state index contributed by atoms with van der Waals surface area (Å²) in [7, 11) is 0. The molecule has 0 radical (unpaired) electrons. The Bertz CT molecular complexity index is 660. The number of nitrogens with one attached hydrogen (secondary N) is 1. The maximum atomic E-state index is 13.3. The van der Waals surface area contributed by atoms with Crippen molar-refractivity contribution in [3.05, 3.63) is 32.9 Å². The molecule has 0 saturated carbocycles. The summed E-state index contributed by atoms with van der Waals surface area (Å²) in [5, 5.41) is 48.4. The second-order valence-electron chi connectivity index (χ2n) is 4.93. The summed E-state index contributed by atoms with van der Waals surface area (Å²) in [6.07, 6.45) is -6.68. The molecule has 1 aliphatic heterocycles. The number of aromatic amines is 1. The fourth-order valence-electron chi connectivity index (χ4n) is 2.27. The number of hydrogen-bond donors (Lipinski definition) is 6. The fraction of sp³-hybridized carbons (Fsp3) is 0.636. The maximum absolute atomic E-state index is 13.3. The fourth-order valence-corrected chi connectivity index (χ4v) is 2.27. The molecule has 22 heavy (non-hydrogen) atoms. The second kappa shape index (κ2) is 5.87. The van der Waals surface area contributed by atoms with E-state index in [1.807, 2.05) is 0 Å². The summed E-state index contributed by atoms with van der Waals surface area (Å²) in [6, 6.07) is 0. The Balaban J connectivity index is 2.53. The van der Waals surface area contributed by atoms with E-state index in [1.54, 1.807) is 4.98 Å². The maximum Gasteiger partial charge on any atom is 0.330 e. The zero-order valence-electron chi connectivity index (χ0n) is 11.1. The van der Waals surface area contributed by atoms with Crippen LogP contribution >= 0.6 is 0 Å². The third-order valence-corrected chi connectivity index (χ3v) is 3.59. The van der Waals surface area contributed by atoms with Crippen LogP contribution in [-0.2, 0) is 4.74 Å². The number of nitrogens with zero attached hydrogens (tertiary/aromatic N) is 1. The number of aliphatic hydroxyl groups excluding tert-OH is 4. The molecule has 0 amide bonds. The molecule has 0 unspecified atom stereocenters. The highest BCUT2D eigenvalue weighted by molar-refractivity contribution is 5.03. The minimum absolute atomic E-state index is 0.441. The Morgan fingerprint density at radius 1 is 1.32 bits per heavy atom. The molecule has 0 spiro atoms. The van der Waals surface area contributed by atoms with E-state index >= 15 is 0 Å². The highest BCUT2D eigenvalue weighted by Gasteiger charge is 2.55. The standard InChI is InChI=1S/C11H15FN2O8/c12-4-1-14(10(20)13-8(4)19)9-7(18)11(21,3-16)6(17)5(2-15)22-9/h1,5-7,9,15-18,21H,2-3H2,(H,13,19,20)/t5-,6-,7+,9-,11+/m1/s1. The predicted molar refractivity (Wildman–Crippen MR) is 66.3 cm³/mol. The third-order valence-electron chi connectivity index (χ3n) is 3.59. The van der Waals surface area contributed by atoms with Crippen LogP contribution in [0.5, 0.6) is 0 Å². The van der Waals surface area contributed by atoms with Crippen molar-refractivity contribution in [2.45, 2.75) is 30.1 Å². The molecule has 10 nitrogen and oxygen atoms in total. The largest absolute Gasteiger partial charge is 0.394 e. The van der Waals surface area contributed by atoms with Gasteiger partial charge in [0.25, 0.3) is 5.56 Å².